The van der Waals surface area contributed by atoms with Crippen LogP contribution in [0.1, 0.15) is 0 Å². The number of sulfonamides is 1. The summed E-state index contributed by atoms with van der Waals surface area (Å²) in [6.07, 6.45) is 0. The maximum absolute atomic E-state index is 12.2. The van der Waals surface area contributed by atoms with Crippen LogP contribution in [-0.4, -0.2) is 54.4 Å². The number of carbonyl (C=O) groups is 1. The number of aromatic nitrogens is 3. The van der Waals surface area contributed by atoms with E-state index in [1.165, 1.54) is 26.2 Å². The Morgan fingerprint density at radius 2 is 1.89 bits per heavy atom. The van der Waals surface area contributed by atoms with E-state index in [4.69, 9.17) is 0 Å². The monoisotopic (exact) mass is 388 g/mol. The van der Waals surface area contributed by atoms with Crippen LogP contribution in [0.5, 0.6) is 0 Å². The molecule has 2 amide bonds. The molecule has 142 valence electrons. The molecule has 10 heteroatoms. The molecule has 0 fully saturated rings. The van der Waals surface area contributed by atoms with Crippen LogP contribution in [0.15, 0.2) is 53.4 Å². The van der Waals surface area contributed by atoms with Gasteiger partial charge < -0.3 is 10.6 Å². The highest BCUT2D eigenvalue weighted by molar-refractivity contribution is 7.89. The van der Waals surface area contributed by atoms with Crippen molar-refractivity contribution in [1.29, 1.82) is 0 Å². The third-order valence-electron chi connectivity index (χ3n) is 3.90. The molecule has 27 heavy (non-hydrogen) atoms. The lowest BCUT2D eigenvalue weighted by atomic mass is 10.3. The molecule has 0 unspecified atom stereocenters. The van der Waals surface area contributed by atoms with Crippen LogP contribution in [0.2, 0.25) is 0 Å². The highest BCUT2D eigenvalue weighted by Gasteiger charge is 2.18. The SMILES string of the molecule is CN(C)S(=O)(=O)c1ccc2c(c1)nnn2CCNC(=O)Nc1ccccc1. The van der Waals surface area contributed by atoms with E-state index in [0.717, 1.165) is 4.31 Å². The van der Waals surface area contributed by atoms with Crippen LogP contribution in [0, 0.1) is 0 Å². The number of carbonyl (C=O) groups excluding carboxylic acids is 1. The lowest BCUT2D eigenvalue weighted by molar-refractivity contribution is 0.251. The minimum Gasteiger partial charge on any atom is -0.336 e. The molecule has 0 saturated carbocycles. The molecule has 9 nitrogen and oxygen atoms in total. The number of fused-ring (bicyclic) bond motifs is 1. The summed E-state index contributed by atoms with van der Waals surface area (Å²) < 4.78 is 27.2. The standard InChI is InChI=1S/C17H20N6O3S/c1-22(2)27(25,26)14-8-9-16-15(12-14)20-21-23(16)11-10-18-17(24)19-13-6-4-3-5-7-13/h3-9,12H,10-11H2,1-2H3,(H2,18,19,24). The van der Waals surface area contributed by atoms with Crippen molar-refractivity contribution in [2.45, 2.75) is 11.4 Å². The second kappa shape index (κ2) is 7.72. The number of benzene rings is 2. The normalized spacial score (nSPS) is 11.7. The first-order valence-electron chi connectivity index (χ1n) is 8.23. The molecule has 2 aromatic carbocycles. The molecule has 0 radical (unpaired) electrons. The van der Waals surface area contributed by atoms with E-state index in [0.29, 0.717) is 29.8 Å². The van der Waals surface area contributed by atoms with E-state index < -0.39 is 10.0 Å². The molecule has 3 aromatic rings. The number of nitrogens with one attached hydrogen (secondary N) is 2. The summed E-state index contributed by atoms with van der Waals surface area (Å²) in [6, 6.07) is 13.5. The highest BCUT2D eigenvalue weighted by atomic mass is 32.2. The Balaban J connectivity index is 1.63. The first-order valence-corrected chi connectivity index (χ1v) is 9.67. The lowest BCUT2D eigenvalue weighted by Crippen LogP contribution is -2.31. The van der Waals surface area contributed by atoms with Gasteiger partial charge in [0.2, 0.25) is 10.0 Å². The molecular formula is C17H20N6O3S. The van der Waals surface area contributed by atoms with Crippen molar-refractivity contribution < 1.29 is 13.2 Å². The number of hydrogen-bond acceptors (Lipinski definition) is 5. The van der Waals surface area contributed by atoms with Gasteiger partial charge in [-0.15, -0.1) is 5.10 Å². The summed E-state index contributed by atoms with van der Waals surface area (Å²) in [4.78, 5) is 12.0. The van der Waals surface area contributed by atoms with Crippen LogP contribution >= 0.6 is 0 Å². The molecule has 1 heterocycles. The Hall–Kier alpha value is -2.98. The van der Waals surface area contributed by atoms with Crippen LogP contribution in [0.4, 0.5) is 10.5 Å². The smallest absolute Gasteiger partial charge is 0.319 e. The third kappa shape index (κ3) is 4.23. The highest BCUT2D eigenvalue weighted by Crippen LogP contribution is 2.19. The maximum atomic E-state index is 12.2. The average molecular weight is 388 g/mol. The van der Waals surface area contributed by atoms with E-state index in [2.05, 4.69) is 20.9 Å². The largest absolute Gasteiger partial charge is 0.336 e. The third-order valence-corrected chi connectivity index (χ3v) is 5.72. The summed E-state index contributed by atoms with van der Waals surface area (Å²) in [7, 11) is -0.577. The van der Waals surface area contributed by atoms with Crippen LogP contribution in [0.25, 0.3) is 11.0 Å². The quantitative estimate of drug-likeness (QED) is 0.665. The van der Waals surface area contributed by atoms with Crippen molar-refractivity contribution in [3.05, 3.63) is 48.5 Å². The van der Waals surface area contributed by atoms with Crippen LogP contribution < -0.4 is 10.6 Å². The van der Waals surface area contributed by atoms with Gasteiger partial charge >= 0.3 is 6.03 Å². The minimum atomic E-state index is -3.53. The molecule has 0 spiro atoms. The van der Waals surface area contributed by atoms with E-state index in [9.17, 15) is 13.2 Å². The fourth-order valence-corrected chi connectivity index (χ4v) is 3.38. The summed E-state index contributed by atoms with van der Waals surface area (Å²) in [6.45, 7) is 0.743. The second-order valence-electron chi connectivity index (χ2n) is 6.00. The van der Waals surface area contributed by atoms with Gasteiger partial charge in [-0.1, -0.05) is 23.4 Å². The molecule has 0 bridgehead atoms. The summed E-state index contributed by atoms with van der Waals surface area (Å²) >= 11 is 0. The van der Waals surface area contributed by atoms with Gasteiger partial charge in [-0.2, -0.15) is 0 Å². The fraction of sp³-hybridized carbons (Fsp3) is 0.235. The number of anilines is 1. The first kappa shape index (κ1) is 18.8. The van der Waals surface area contributed by atoms with Gasteiger partial charge in [-0.3, -0.25) is 0 Å². The first-order chi connectivity index (χ1) is 12.9. The van der Waals surface area contributed by atoms with Crippen molar-refractivity contribution >= 4 is 32.8 Å². The molecule has 0 aliphatic carbocycles. The van der Waals surface area contributed by atoms with Crippen molar-refractivity contribution in [3.8, 4) is 0 Å². The van der Waals surface area contributed by atoms with E-state index in [1.807, 2.05) is 18.2 Å². The maximum Gasteiger partial charge on any atom is 0.319 e. The van der Waals surface area contributed by atoms with Crippen molar-refractivity contribution in [1.82, 2.24) is 24.6 Å². The van der Waals surface area contributed by atoms with Gasteiger partial charge in [0.25, 0.3) is 0 Å². The number of nitrogens with zero attached hydrogens (tertiary/aromatic N) is 4. The van der Waals surface area contributed by atoms with Gasteiger partial charge in [0.15, 0.2) is 0 Å². The number of hydrogen-bond donors (Lipinski definition) is 2. The minimum absolute atomic E-state index is 0.160. The number of urea groups is 1. The fourth-order valence-electron chi connectivity index (χ4n) is 2.46. The zero-order chi connectivity index (χ0) is 19.4. The lowest BCUT2D eigenvalue weighted by Gasteiger charge is -2.11. The van der Waals surface area contributed by atoms with Crippen LogP contribution in [-0.2, 0) is 16.6 Å². The number of rotatable bonds is 6. The van der Waals surface area contributed by atoms with E-state index in [-0.39, 0.29) is 10.9 Å². The molecular weight excluding hydrogens is 368 g/mol. The Morgan fingerprint density at radius 1 is 1.15 bits per heavy atom. The molecule has 0 saturated heterocycles. The molecule has 2 N–H and O–H groups in total. The molecule has 3 rings (SSSR count). The van der Waals surface area contributed by atoms with Gasteiger partial charge in [-0.05, 0) is 30.3 Å². The predicted molar refractivity (Wildman–Crippen MR) is 102 cm³/mol. The van der Waals surface area contributed by atoms with Crippen molar-refractivity contribution in [2.24, 2.45) is 0 Å². The Labute approximate surface area is 157 Å². The number of para-hydroxylation sites is 1. The second-order valence-corrected chi connectivity index (χ2v) is 8.15. The van der Waals surface area contributed by atoms with E-state index >= 15 is 0 Å². The Morgan fingerprint density at radius 3 is 2.59 bits per heavy atom. The summed E-state index contributed by atoms with van der Waals surface area (Å²) in [5.74, 6) is 0. The van der Waals surface area contributed by atoms with Crippen LogP contribution in [0.3, 0.4) is 0 Å². The van der Waals surface area contributed by atoms with Gasteiger partial charge in [0.05, 0.1) is 17.0 Å². The molecule has 0 aliphatic rings. The van der Waals surface area contributed by atoms with Gasteiger partial charge in [-0.25, -0.2) is 22.2 Å². The van der Waals surface area contributed by atoms with E-state index in [1.54, 1.807) is 22.9 Å². The molecule has 0 aliphatic heterocycles. The predicted octanol–water partition coefficient (Wildman–Crippen LogP) is 1.50. The number of amides is 2. The molecule has 1 aromatic heterocycles. The summed E-state index contributed by atoms with van der Waals surface area (Å²) in [5.41, 5.74) is 1.88. The Bertz CT molecular complexity index is 1050. The average Bonchev–Trinajstić information content (AvgIpc) is 3.05. The Kier molecular flexibility index (Phi) is 5.38. The zero-order valence-electron chi connectivity index (χ0n) is 15.0. The van der Waals surface area contributed by atoms with Gasteiger partial charge in [0.1, 0.15) is 5.52 Å². The van der Waals surface area contributed by atoms with Gasteiger partial charge in [0, 0.05) is 26.3 Å². The summed E-state index contributed by atoms with van der Waals surface area (Å²) in [5, 5.41) is 13.5. The van der Waals surface area contributed by atoms with Crippen molar-refractivity contribution in [3.63, 3.8) is 0 Å². The van der Waals surface area contributed by atoms with Crippen molar-refractivity contribution in [2.75, 3.05) is 26.0 Å². The zero-order valence-corrected chi connectivity index (χ0v) is 15.8. The molecule has 0 atom stereocenters. The topological polar surface area (TPSA) is 109 Å².